The number of alkyl halides is 2. The molecule has 1 aromatic rings. The maximum atomic E-state index is 14.2. The third-order valence-corrected chi connectivity index (χ3v) is 3.32. The zero-order chi connectivity index (χ0) is 11.8. The minimum Gasteiger partial charge on any atom is -0.496 e. The molecular weight excluding hydrogens is 212 g/mol. The van der Waals surface area contributed by atoms with E-state index in [4.69, 9.17) is 10.5 Å². The summed E-state index contributed by atoms with van der Waals surface area (Å²) in [4.78, 5) is 0. The standard InChI is InChI=1S/C12H15F2NO/c1-16-10-6-3-2-5-9(10)12(13,14)11(15)7-4-8-11/h2-3,5-6H,4,7-8,15H2,1H3. The van der Waals surface area contributed by atoms with Crippen molar-refractivity contribution >= 4 is 0 Å². The van der Waals surface area contributed by atoms with Crippen LogP contribution in [-0.4, -0.2) is 12.6 Å². The van der Waals surface area contributed by atoms with Crippen molar-refractivity contribution in [1.29, 1.82) is 0 Å². The number of hydrogen-bond donors (Lipinski definition) is 1. The van der Waals surface area contributed by atoms with Crippen LogP contribution in [0.15, 0.2) is 24.3 Å². The normalized spacial score (nSPS) is 19.0. The number of benzene rings is 1. The quantitative estimate of drug-likeness (QED) is 0.861. The summed E-state index contributed by atoms with van der Waals surface area (Å²) in [5.41, 5.74) is 4.22. The van der Waals surface area contributed by atoms with Crippen molar-refractivity contribution in [3.8, 4) is 5.75 Å². The average Bonchev–Trinajstić information content (AvgIpc) is 2.25. The zero-order valence-corrected chi connectivity index (χ0v) is 9.17. The molecule has 0 unspecified atom stereocenters. The number of nitrogens with two attached hydrogens (primary N) is 1. The largest absolute Gasteiger partial charge is 0.496 e. The summed E-state index contributed by atoms with van der Waals surface area (Å²) in [5.74, 6) is -2.83. The van der Waals surface area contributed by atoms with Crippen LogP contribution >= 0.6 is 0 Å². The fourth-order valence-electron chi connectivity index (χ4n) is 2.04. The molecule has 0 bridgehead atoms. The molecule has 0 radical (unpaired) electrons. The molecule has 1 saturated carbocycles. The van der Waals surface area contributed by atoms with Crippen LogP contribution in [0, 0.1) is 0 Å². The molecule has 0 spiro atoms. The Kier molecular flexibility index (Phi) is 2.62. The number of para-hydroxylation sites is 1. The molecule has 0 amide bonds. The third kappa shape index (κ3) is 1.48. The van der Waals surface area contributed by atoms with Gasteiger partial charge in [0.2, 0.25) is 0 Å². The maximum Gasteiger partial charge on any atom is 0.294 e. The van der Waals surface area contributed by atoms with Gasteiger partial charge in [0.25, 0.3) is 5.92 Å². The molecule has 2 N–H and O–H groups in total. The highest BCUT2D eigenvalue weighted by Gasteiger charge is 2.56. The zero-order valence-electron chi connectivity index (χ0n) is 9.17. The number of rotatable bonds is 3. The van der Waals surface area contributed by atoms with Crippen molar-refractivity contribution in [2.75, 3.05) is 7.11 Å². The minimum absolute atomic E-state index is 0.111. The molecule has 0 aromatic heterocycles. The Hall–Kier alpha value is -1.16. The highest BCUT2D eigenvalue weighted by Crippen LogP contribution is 2.50. The van der Waals surface area contributed by atoms with Gasteiger partial charge in [0, 0.05) is 0 Å². The monoisotopic (exact) mass is 227 g/mol. The van der Waals surface area contributed by atoms with Crippen LogP contribution in [-0.2, 0) is 5.92 Å². The van der Waals surface area contributed by atoms with Gasteiger partial charge < -0.3 is 10.5 Å². The predicted molar refractivity (Wildman–Crippen MR) is 57.7 cm³/mol. The number of methoxy groups -OCH3 is 1. The molecular formula is C12H15F2NO. The molecule has 2 rings (SSSR count). The van der Waals surface area contributed by atoms with Gasteiger partial charge in [0.05, 0.1) is 18.2 Å². The van der Waals surface area contributed by atoms with Crippen molar-refractivity contribution in [3.05, 3.63) is 29.8 Å². The van der Waals surface area contributed by atoms with Gasteiger partial charge in [0.1, 0.15) is 5.75 Å². The van der Waals surface area contributed by atoms with Gasteiger partial charge >= 0.3 is 0 Å². The van der Waals surface area contributed by atoms with Gasteiger partial charge in [-0.3, -0.25) is 0 Å². The minimum atomic E-state index is -3.03. The van der Waals surface area contributed by atoms with Gasteiger partial charge in [-0.25, -0.2) is 0 Å². The summed E-state index contributed by atoms with van der Waals surface area (Å²) in [6, 6.07) is 6.16. The maximum absolute atomic E-state index is 14.2. The topological polar surface area (TPSA) is 35.2 Å². The molecule has 0 saturated heterocycles. The Labute approximate surface area is 93.4 Å². The Morgan fingerprint density at radius 1 is 1.31 bits per heavy atom. The molecule has 16 heavy (non-hydrogen) atoms. The molecule has 0 aliphatic heterocycles. The Morgan fingerprint density at radius 3 is 2.44 bits per heavy atom. The highest BCUT2D eigenvalue weighted by atomic mass is 19.3. The molecule has 2 nitrogen and oxygen atoms in total. The fraction of sp³-hybridized carbons (Fsp3) is 0.500. The predicted octanol–water partition coefficient (Wildman–Crippen LogP) is 2.67. The van der Waals surface area contributed by atoms with E-state index in [1.165, 1.54) is 19.2 Å². The van der Waals surface area contributed by atoms with Gasteiger partial charge in [-0.15, -0.1) is 0 Å². The summed E-state index contributed by atoms with van der Waals surface area (Å²) in [5, 5.41) is 0. The number of hydrogen-bond acceptors (Lipinski definition) is 2. The van der Waals surface area contributed by atoms with Crippen LogP contribution in [0.5, 0.6) is 5.75 Å². The molecule has 88 valence electrons. The van der Waals surface area contributed by atoms with Crippen LogP contribution in [0.2, 0.25) is 0 Å². The molecule has 4 heteroatoms. The smallest absolute Gasteiger partial charge is 0.294 e. The lowest BCUT2D eigenvalue weighted by Gasteiger charge is -2.44. The Balaban J connectivity index is 2.42. The van der Waals surface area contributed by atoms with E-state index in [0.717, 1.165) is 6.42 Å². The second-order valence-electron chi connectivity index (χ2n) is 4.28. The highest BCUT2D eigenvalue weighted by molar-refractivity contribution is 5.39. The van der Waals surface area contributed by atoms with E-state index in [1.54, 1.807) is 12.1 Å². The van der Waals surface area contributed by atoms with Crippen LogP contribution in [0.3, 0.4) is 0 Å². The van der Waals surface area contributed by atoms with Crippen LogP contribution < -0.4 is 10.5 Å². The molecule has 1 aliphatic carbocycles. The molecule has 1 fully saturated rings. The van der Waals surface area contributed by atoms with Crippen LogP contribution in [0.25, 0.3) is 0 Å². The average molecular weight is 227 g/mol. The van der Waals surface area contributed by atoms with Gasteiger partial charge in [-0.1, -0.05) is 12.1 Å². The van der Waals surface area contributed by atoms with E-state index in [2.05, 4.69) is 0 Å². The first-order valence-electron chi connectivity index (χ1n) is 5.31. The van der Waals surface area contributed by atoms with Crippen molar-refractivity contribution in [3.63, 3.8) is 0 Å². The summed E-state index contributed by atoms with van der Waals surface area (Å²) < 4.78 is 33.4. The number of ether oxygens (including phenoxy) is 1. The lowest BCUT2D eigenvalue weighted by Crippen LogP contribution is -2.58. The van der Waals surface area contributed by atoms with Crippen molar-refractivity contribution in [2.24, 2.45) is 5.73 Å². The van der Waals surface area contributed by atoms with Gasteiger partial charge in [-0.05, 0) is 31.4 Å². The van der Waals surface area contributed by atoms with E-state index in [-0.39, 0.29) is 11.3 Å². The summed E-state index contributed by atoms with van der Waals surface area (Å²) >= 11 is 0. The first-order chi connectivity index (χ1) is 7.51. The second-order valence-corrected chi connectivity index (χ2v) is 4.28. The lowest BCUT2D eigenvalue weighted by molar-refractivity contribution is -0.114. The third-order valence-electron chi connectivity index (χ3n) is 3.32. The Bertz CT molecular complexity index is 388. The van der Waals surface area contributed by atoms with Crippen LogP contribution in [0.4, 0.5) is 8.78 Å². The lowest BCUT2D eigenvalue weighted by atomic mass is 9.71. The van der Waals surface area contributed by atoms with E-state index in [1.807, 2.05) is 0 Å². The van der Waals surface area contributed by atoms with Gasteiger partial charge in [0.15, 0.2) is 0 Å². The van der Waals surface area contributed by atoms with Crippen molar-refractivity contribution in [1.82, 2.24) is 0 Å². The molecule has 1 aliphatic rings. The summed E-state index contributed by atoms with van der Waals surface area (Å²) in [6.07, 6.45) is 1.48. The number of halogens is 2. The molecule has 0 heterocycles. The molecule has 0 atom stereocenters. The fourth-order valence-corrected chi connectivity index (χ4v) is 2.04. The Morgan fingerprint density at radius 2 is 1.94 bits per heavy atom. The van der Waals surface area contributed by atoms with E-state index >= 15 is 0 Å². The molecule has 1 aromatic carbocycles. The first kappa shape index (κ1) is 11.3. The van der Waals surface area contributed by atoms with E-state index in [9.17, 15) is 8.78 Å². The van der Waals surface area contributed by atoms with Crippen LogP contribution in [0.1, 0.15) is 24.8 Å². The van der Waals surface area contributed by atoms with E-state index in [0.29, 0.717) is 12.8 Å². The van der Waals surface area contributed by atoms with Gasteiger partial charge in [-0.2, -0.15) is 8.78 Å². The first-order valence-corrected chi connectivity index (χ1v) is 5.31. The van der Waals surface area contributed by atoms with E-state index < -0.39 is 11.5 Å². The summed E-state index contributed by atoms with van der Waals surface area (Å²) in [7, 11) is 1.39. The van der Waals surface area contributed by atoms with Crippen molar-refractivity contribution < 1.29 is 13.5 Å². The second kappa shape index (κ2) is 3.70. The van der Waals surface area contributed by atoms with Crippen molar-refractivity contribution in [2.45, 2.75) is 30.7 Å². The summed E-state index contributed by atoms with van der Waals surface area (Å²) in [6.45, 7) is 0. The SMILES string of the molecule is COc1ccccc1C(F)(F)C1(N)CCC1.